The maximum atomic E-state index is 13.8. The number of thiazole rings is 1. The highest BCUT2D eigenvalue weighted by Gasteiger charge is 2.48. The second-order valence-corrected chi connectivity index (χ2v) is 11.7. The highest BCUT2D eigenvalue weighted by atomic mass is 32.1. The van der Waals surface area contributed by atoms with Gasteiger partial charge in [-0.2, -0.15) is 0 Å². The summed E-state index contributed by atoms with van der Waals surface area (Å²) >= 11 is 1.29. The number of ether oxygens (including phenoxy) is 2. The van der Waals surface area contributed by atoms with Gasteiger partial charge in [0.2, 0.25) is 0 Å². The monoisotopic (exact) mass is 610 g/mol. The Balaban J connectivity index is 1.45. The number of anilines is 1. The molecule has 10 heteroatoms. The number of amides is 1. The highest BCUT2D eigenvalue weighted by Crippen LogP contribution is 2.45. The van der Waals surface area contributed by atoms with Crippen molar-refractivity contribution in [2.45, 2.75) is 52.5 Å². The van der Waals surface area contributed by atoms with Crippen molar-refractivity contribution in [3.63, 3.8) is 0 Å². The lowest BCUT2D eigenvalue weighted by molar-refractivity contribution is -0.132. The molecule has 0 spiro atoms. The number of aliphatic hydroxyl groups excluding tert-OH is 1. The number of aryl methyl sites for hydroxylation is 1. The van der Waals surface area contributed by atoms with Crippen LogP contribution in [0.3, 0.4) is 0 Å². The predicted octanol–water partition coefficient (Wildman–Crippen LogP) is 7.24. The molecule has 2 aromatic carbocycles. The summed E-state index contributed by atoms with van der Waals surface area (Å²) in [5, 5.41) is 12.2. The van der Waals surface area contributed by atoms with Crippen LogP contribution in [0, 0.1) is 6.92 Å². The van der Waals surface area contributed by atoms with E-state index in [9.17, 15) is 14.7 Å². The van der Waals surface area contributed by atoms with E-state index >= 15 is 0 Å². The van der Waals surface area contributed by atoms with Crippen LogP contribution in [-0.2, 0) is 9.59 Å². The van der Waals surface area contributed by atoms with E-state index in [4.69, 9.17) is 14.5 Å². The SMILES string of the molecule is CCCCCCOc1ccc(C2C(=C(O)c3c(C)nc4ccccn34)C(=O)C(=O)N2c2nc3ccc(OCC)cc3s2)cc1. The first kappa shape index (κ1) is 29.4. The summed E-state index contributed by atoms with van der Waals surface area (Å²) in [5.74, 6) is -0.444. The first-order valence-corrected chi connectivity index (χ1v) is 15.7. The third kappa shape index (κ3) is 5.41. The van der Waals surface area contributed by atoms with Crippen LogP contribution < -0.4 is 14.4 Å². The van der Waals surface area contributed by atoms with E-state index in [-0.39, 0.29) is 11.3 Å². The van der Waals surface area contributed by atoms with Crippen LogP contribution in [0.2, 0.25) is 0 Å². The molecule has 6 rings (SSSR count). The molecule has 44 heavy (non-hydrogen) atoms. The Labute approximate surface area is 259 Å². The van der Waals surface area contributed by atoms with E-state index in [1.54, 1.807) is 17.5 Å². The Morgan fingerprint density at radius 3 is 2.52 bits per heavy atom. The number of aromatic nitrogens is 3. The molecule has 4 heterocycles. The molecular formula is C34H34N4O5S. The van der Waals surface area contributed by atoms with Crippen molar-refractivity contribution in [3.05, 3.63) is 89.4 Å². The van der Waals surface area contributed by atoms with E-state index in [0.717, 1.165) is 24.0 Å². The lowest BCUT2D eigenvalue weighted by atomic mass is 9.96. The number of Topliss-reactive ketones (excluding diaryl/α,β-unsaturated/α-hetero) is 1. The van der Waals surface area contributed by atoms with Crippen LogP contribution >= 0.6 is 11.3 Å². The minimum atomic E-state index is -0.922. The van der Waals surface area contributed by atoms with E-state index in [0.29, 0.717) is 58.0 Å². The van der Waals surface area contributed by atoms with Crippen molar-refractivity contribution in [2.75, 3.05) is 18.1 Å². The number of nitrogens with zero attached hydrogens (tertiary/aromatic N) is 4. The van der Waals surface area contributed by atoms with Gasteiger partial charge in [0.25, 0.3) is 5.78 Å². The molecule has 1 aliphatic heterocycles. The van der Waals surface area contributed by atoms with Gasteiger partial charge in [0.15, 0.2) is 10.9 Å². The number of pyridine rings is 1. The molecule has 1 aliphatic rings. The molecule has 1 N–H and O–H groups in total. The summed E-state index contributed by atoms with van der Waals surface area (Å²) in [6, 6.07) is 17.4. The van der Waals surface area contributed by atoms with Gasteiger partial charge in [-0.25, -0.2) is 9.97 Å². The first-order chi connectivity index (χ1) is 21.4. The average molecular weight is 611 g/mol. The van der Waals surface area contributed by atoms with Gasteiger partial charge in [0.05, 0.1) is 40.7 Å². The molecule has 3 aromatic heterocycles. The van der Waals surface area contributed by atoms with Gasteiger partial charge in [-0.15, -0.1) is 0 Å². The third-order valence-electron chi connectivity index (χ3n) is 7.70. The van der Waals surface area contributed by atoms with Gasteiger partial charge in [-0.05, 0) is 68.3 Å². The van der Waals surface area contributed by atoms with Crippen LogP contribution in [0.15, 0.2) is 72.4 Å². The first-order valence-electron chi connectivity index (χ1n) is 14.9. The molecule has 1 amide bonds. The summed E-state index contributed by atoms with van der Waals surface area (Å²) in [5.41, 5.74) is 2.82. The Morgan fingerprint density at radius 2 is 1.75 bits per heavy atom. The van der Waals surface area contributed by atoms with E-state index in [1.807, 2.05) is 67.6 Å². The molecule has 5 aromatic rings. The smallest absolute Gasteiger partial charge is 0.301 e. The van der Waals surface area contributed by atoms with Crippen molar-refractivity contribution < 1.29 is 24.2 Å². The highest BCUT2D eigenvalue weighted by molar-refractivity contribution is 7.22. The number of benzene rings is 2. The second-order valence-electron chi connectivity index (χ2n) is 10.7. The zero-order valence-electron chi connectivity index (χ0n) is 24.9. The summed E-state index contributed by atoms with van der Waals surface area (Å²) in [4.78, 5) is 38.3. The van der Waals surface area contributed by atoms with E-state index < -0.39 is 17.7 Å². The minimum absolute atomic E-state index is 0.0220. The Morgan fingerprint density at radius 1 is 0.955 bits per heavy atom. The lowest BCUT2D eigenvalue weighted by Gasteiger charge is -2.23. The fraction of sp³-hybridized carbons (Fsp3) is 0.294. The van der Waals surface area contributed by atoms with Gasteiger partial charge in [-0.3, -0.25) is 18.9 Å². The zero-order valence-corrected chi connectivity index (χ0v) is 25.8. The molecule has 1 saturated heterocycles. The molecule has 0 radical (unpaired) electrons. The van der Waals surface area contributed by atoms with Crippen LogP contribution in [0.25, 0.3) is 21.6 Å². The zero-order chi connectivity index (χ0) is 30.8. The number of aliphatic hydroxyl groups is 1. The van der Waals surface area contributed by atoms with E-state index in [1.165, 1.54) is 22.7 Å². The van der Waals surface area contributed by atoms with Crippen molar-refractivity contribution in [2.24, 2.45) is 0 Å². The predicted molar refractivity (Wildman–Crippen MR) is 172 cm³/mol. The fourth-order valence-electron chi connectivity index (χ4n) is 5.59. The second kappa shape index (κ2) is 12.5. The average Bonchev–Trinajstić information content (AvgIpc) is 3.67. The van der Waals surface area contributed by atoms with Gasteiger partial charge in [-0.1, -0.05) is 55.7 Å². The third-order valence-corrected chi connectivity index (χ3v) is 8.72. The molecule has 9 nitrogen and oxygen atoms in total. The normalized spacial score (nSPS) is 16.3. The quantitative estimate of drug-likeness (QED) is 0.0727. The van der Waals surface area contributed by atoms with Crippen LogP contribution in [-0.4, -0.2) is 44.4 Å². The molecule has 1 unspecified atom stereocenters. The summed E-state index contributed by atoms with van der Waals surface area (Å²) < 4.78 is 14.1. The fourth-order valence-corrected chi connectivity index (χ4v) is 6.61. The topological polar surface area (TPSA) is 106 Å². The standard InChI is InChI=1S/C34H34N4O5S/c1-4-6-7-10-19-43-23-14-12-22(13-15-23)30-28(31(39)29-21(3)35-27-11-8-9-18-37(27)29)32(40)33(41)38(30)34-36-25-17-16-24(42-5-2)20-26(25)44-34/h8-9,11-18,20,30,39H,4-7,10,19H2,1-3H3. The summed E-state index contributed by atoms with van der Waals surface area (Å²) in [6.07, 6.45) is 6.18. The molecule has 226 valence electrons. The maximum absolute atomic E-state index is 13.8. The Hall–Kier alpha value is -4.70. The minimum Gasteiger partial charge on any atom is -0.505 e. The van der Waals surface area contributed by atoms with Gasteiger partial charge in [0.1, 0.15) is 22.8 Å². The number of carbonyl (C=O) groups is 2. The number of imidazole rings is 1. The van der Waals surface area contributed by atoms with Crippen LogP contribution in [0.1, 0.15) is 62.5 Å². The van der Waals surface area contributed by atoms with Crippen LogP contribution in [0.5, 0.6) is 11.5 Å². The van der Waals surface area contributed by atoms with Crippen molar-refractivity contribution in [1.29, 1.82) is 0 Å². The number of hydrogen-bond acceptors (Lipinski definition) is 8. The number of hydrogen-bond donors (Lipinski definition) is 1. The number of carbonyl (C=O) groups excluding carboxylic acids is 2. The van der Waals surface area contributed by atoms with Crippen molar-refractivity contribution in [3.8, 4) is 11.5 Å². The van der Waals surface area contributed by atoms with Crippen molar-refractivity contribution >= 4 is 49.8 Å². The van der Waals surface area contributed by atoms with Crippen LogP contribution in [0.4, 0.5) is 5.13 Å². The summed E-state index contributed by atoms with van der Waals surface area (Å²) in [7, 11) is 0. The molecule has 0 saturated carbocycles. The van der Waals surface area contributed by atoms with Crippen molar-refractivity contribution in [1.82, 2.24) is 14.4 Å². The number of unbranched alkanes of at least 4 members (excludes halogenated alkanes) is 3. The molecular weight excluding hydrogens is 576 g/mol. The van der Waals surface area contributed by atoms with Gasteiger partial charge in [0, 0.05) is 6.20 Å². The summed E-state index contributed by atoms with van der Waals surface area (Å²) in [6.45, 7) is 6.98. The largest absolute Gasteiger partial charge is 0.505 e. The number of fused-ring (bicyclic) bond motifs is 2. The lowest BCUT2D eigenvalue weighted by Crippen LogP contribution is -2.29. The molecule has 0 aliphatic carbocycles. The molecule has 1 fully saturated rings. The van der Waals surface area contributed by atoms with Gasteiger partial charge >= 0.3 is 5.91 Å². The van der Waals surface area contributed by atoms with E-state index in [2.05, 4.69) is 11.9 Å². The van der Waals surface area contributed by atoms with Gasteiger partial charge < -0.3 is 14.6 Å². The molecule has 1 atom stereocenters. The molecule has 0 bridgehead atoms. The Bertz CT molecular complexity index is 1870. The number of ketones is 1. The number of rotatable bonds is 11. The Kier molecular flexibility index (Phi) is 8.34. The maximum Gasteiger partial charge on any atom is 0.301 e.